The van der Waals surface area contributed by atoms with Crippen molar-refractivity contribution in [2.75, 3.05) is 0 Å². The summed E-state index contributed by atoms with van der Waals surface area (Å²) in [6, 6.07) is -0.690. The van der Waals surface area contributed by atoms with Crippen molar-refractivity contribution in [3.8, 4) is 0 Å². The van der Waals surface area contributed by atoms with Gasteiger partial charge in [-0.05, 0) is 12.3 Å². The minimum Gasteiger partial charge on any atom is -0.480 e. The van der Waals surface area contributed by atoms with Crippen LogP contribution in [0.15, 0.2) is 0 Å². The van der Waals surface area contributed by atoms with E-state index in [1.54, 1.807) is 0 Å². The minimum absolute atomic E-state index is 0. The Morgan fingerprint density at radius 3 is 2.33 bits per heavy atom. The zero-order chi connectivity index (χ0) is 7.44. The van der Waals surface area contributed by atoms with Gasteiger partial charge in [0.25, 0.3) is 0 Å². The van der Waals surface area contributed by atoms with Crippen molar-refractivity contribution >= 4 is 5.97 Å². The van der Waals surface area contributed by atoms with Crippen molar-refractivity contribution in [2.24, 2.45) is 11.7 Å². The van der Waals surface area contributed by atoms with Crippen LogP contribution in [0.25, 0.3) is 0 Å². The first-order valence-corrected chi connectivity index (χ1v) is 3.02. The maximum absolute atomic E-state index is 10.1. The van der Waals surface area contributed by atoms with E-state index in [-0.39, 0.29) is 1.43 Å². The molecule has 3 N–H and O–H groups in total. The fourth-order valence-electron chi connectivity index (χ4n) is 0.609. The van der Waals surface area contributed by atoms with Crippen molar-refractivity contribution in [2.45, 2.75) is 26.3 Å². The largest absolute Gasteiger partial charge is 0.480 e. The number of carbonyl (C=O) groups is 1. The molecule has 1 atom stereocenters. The van der Waals surface area contributed by atoms with Gasteiger partial charge in [0.15, 0.2) is 0 Å². The standard InChI is InChI=1S/C6H13NO2.H2/c1-4(2)3-5(7)6(8)9;/h4-5H,3,7H2,1-2H3,(H,8,9);1H/t5-;/m0./s1. The summed E-state index contributed by atoms with van der Waals surface area (Å²) in [6.45, 7) is 3.89. The number of hydrogen-bond donors (Lipinski definition) is 2. The number of hydrogen-bond acceptors (Lipinski definition) is 2. The number of carboxylic acids is 1. The Morgan fingerprint density at radius 2 is 2.22 bits per heavy atom. The number of nitrogens with two attached hydrogens (primary N) is 1. The summed E-state index contributed by atoms with van der Waals surface area (Å²) in [5, 5.41) is 8.31. The summed E-state index contributed by atoms with van der Waals surface area (Å²) in [4.78, 5) is 10.1. The highest BCUT2D eigenvalue weighted by atomic mass is 16.4. The third-order valence-electron chi connectivity index (χ3n) is 1.04. The second-order valence-corrected chi connectivity index (χ2v) is 2.57. The van der Waals surface area contributed by atoms with Crippen LogP contribution in [0.2, 0.25) is 0 Å². The molecular formula is C6H15NO2. The summed E-state index contributed by atoms with van der Waals surface area (Å²) in [7, 11) is 0. The Labute approximate surface area is 56.3 Å². The quantitative estimate of drug-likeness (QED) is 0.595. The van der Waals surface area contributed by atoms with Crippen LogP contribution in [0.1, 0.15) is 21.7 Å². The summed E-state index contributed by atoms with van der Waals surface area (Å²) < 4.78 is 0. The lowest BCUT2D eigenvalue weighted by Gasteiger charge is -2.07. The molecule has 0 aliphatic carbocycles. The van der Waals surface area contributed by atoms with Gasteiger partial charge in [-0.25, -0.2) is 0 Å². The lowest BCUT2D eigenvalue weighted by molar-refractivity contribution is -0.138. The van der Waals surface area contributed by atoms with Gasteiger partial charge in [0.2, 0.25) is 0 Å². The predicted molar refractivity (Wildman–Crippen MR) is 37.2 cm³/mol. The van der Waals surface area contributed by atoms with E-state index in [2.05, 4.69) is 0 Å². The fourth-order valence-corrected chi connectivity index (χ4v) is 0.609. The fraction of sp³-hybridized carbons (Fsp3) is 0.833. The Morgan fingerprint density at radius 1 is 1.78 bits per heavy atom. The Hall–Kier alpha value is -0.570. The summed E-state index contributed by atoms with van der Waals surface area (Å²) >= 11 is 0. The van der Waals surface area contributed by atoms with Crippen LogP contribution in [0.5, 0.6) is 0 Å². The van der Waals surface area contributed by atoms with Crippen molar-refractivity contribution in [3.63, 3.8) is 0 Å². The molecule has 0 heterocycles. The molecule has 3 nitrogen and oxygen atoms in total. The molecule has 9 heavy (non-hydrogen) atoms. The Balaban J connectivity index is 0. The maximum Gasteiger partial charge on any atom is 0.320 e. The van der Waals surface area contributed by atoms with Gasteiger partial charge in [-0.1, -0.05) is 13.8 Å². The average molecular weight is 133 g/mol. The van der Waals surface area contributed by atoms with E-state index in [9.17, 15) is 4.79 Å². The van der Waals surface area contributed by atoms with Gasteiger partial charge in [0, 0.05) is 1.43 Å². The molecule has 56 valence electrons. The first kappa shape index (κ1) is 8.43. The van der Waals surface area contributed by atoms with Gasteiger partial charge in [0.05, 0.1) is 0 Å². The Bertz CT molecular complexity index is 106. The molecule has 0 bridgehead atoms. The van der Waals surface area contributed by atoms with Crippen LogP contribution < -0.4 is 5.73 Å². The first-order valence-electron chi connectivity index (χ1n) is 3.02. The molecule has 0 rings (SSSR count). The zero-order valence-corrected chi connectivity index (χ0v) is 5.79. The number of carboxylic acid groups (broad SMARTS) is 1. The van der Waals surface area contributed by atoms with E-state index in [1.165, 1.54) is 0 Å². The topological polar surface area (TPSA) is 63.3 Å². The molecule has 0 aromatic carbocycles. The monoisotopic (exact) mass is 133 g/mol. The van der Waals surface area contributed by atoms with E-state index >= 15 is 0 Å². The molecule has 0 aliphatic heterocycles. The molecule has 0 aromatic heterocycles. The van der Waals surface area contributed by atoms with Crippen molar-refractivity contribution in [3.05, 3.63) is 0 Å². The van der Waals surface area contributed by atoms with Crippen LogP contribution in [0, 0.1) is 5.92 Å². The molecule has 0 unspecified atom stereocenters. The van der Waals surface area contributed by atoms with Gasteiger partial charge in [-0.2, -0.15) is 0 Å². The van der Waals surface area contributed by atoms with Crippen molar-refractivity contribution in [1.29, 1.82) is 0 Å². The predicted octanol–water partition coefficient (Wildman–Crippen LogP) is 0.690. The van der Waals surface area contributed by atoms with Crippen LogP contribution in [-0.2, 0) is 4.79 Å². The lowest BCUT2D eigenvalue weighted by Crippen LogP contribution is -2.31. The van der Waals surface area contributed by atoms with E-state index in [4.69, 9.17) is 10.8 Å². The van der Waals surface area contributed by atoms with Crippen LogP contribution in [-0.4, -0.2) is 17.1 Å². The molecule has 0 spiro atoms. The molecular weight excluding hydrogens is 118 g/mol. The van der Waals surface area contributed by atoms with E-state index in [1.807, 2.05) is 13.8 Å². The Kier molecular flexibility index (Phi) is 3.24. The van der Waals surface area contributed by atoms with Crippen LogP contribution in [0.4, 0.5) is 0 Å². The van der Waals surface area contributed by atoms with Gasteiger partial charge < -0.3 is 10.8 Å². The third kappa shape index (κ3) is 3.97. The average Bonchev–Trinajstić information content (AvgIpc) is 1.63. The van der Waals surface area contributed by atoms with Crippen LogP contribution >= 0.6 is 0 Å². The summed E-state index contributed by atoms with van der Waals surface area (Å²) in [5.74, 6) is -0.556. The van der Waals surface area contributed by atoms with Gasteiger partial charge in [-0.15, -0.1) is 0 Å². The summed E-state index contributed by atoms with van der Waals surface area (Å²) in [5.41, 5.74) is 5.22. The van der Waals surface area contributed by atoms with E-state index < -0.39 is 12.0 Å². The second-order valence-electron chi connectivity index (χ2n) is 2.57. The zero-order valence-electron chi connectivity index (χ0n) is 5.79. The van der Waals surface area contributed by atoms with Crippen molar-refractivity contribution < 1.29 is 11.3 Å². The van der Waals surface area contributed by atoms with E-state index in [0.717, 1.165) is 0 Å². The SMILES string of the molecule is CC(C)C[C@H](N)C(=O)O.[HH]. The first-order chi connectivity index (χ1) is 4.04. The molecule has 0 aliphatic rings. The van der Waals surface area contributed by atoms with Gasteiger partial charge in [-0.3, -0.25) is 4.79 Å². The van der Waals surface area contributed by atoms with Crippen LogP contribution in [0.3, 0.4) is 0 Å². The smallest absolute Gasteiger partial charge is 0.320 e. The normalized spacial score (nSPS) is 13.8. The second kappa shape index (κ2) is 3.45. The molecule has 0 amide bonds. The molecule has 0 saturated heterocycles. The highest BCUT2D eigenvalue weighted by molar-refractivity contribution is 5.72. The minimum atomic E-state index is -0.913. The van der Waals surface area contributed by atoms with E-state index in [0.29, 0.717) is 12.3 Å². The third-order valence-corrected chi connectivity index (χ3v) is 1.04. The molecule has 0 radical (unpaired) electrons. The lowest BCUT2D eigenvalue weighted by atomic mass is 10.1. The maximum atomic E-state index is 10.1. The van der Waals surface area contributed by atoms with Crippen molar-refractivity contribution in [1.82, 2.24) is 0 Å². The number of aliphatic carboxylic acids is 1. The molecule has 0 aromatic rings. The molecule has 0 saturated carbocycles. The van der Waals surface area contributed by atoms with Gasteiger partial charge in [0.1, 0.15) is 6.04 Å². The molecule has 0 fully saturated rings. The number of rotatable bonds is 3. The molecule has 3 heteroatoms. The highest BCUT2D eigenvalue weighted by Crippen LogP contribution is 2.01. The highest BCUT2D eigenvalue weighted by Gasteiger charge is 2.11. The van der Waals surface area contributed by atoms with Gasteiger partial charge >= 0.3 is 5.97 Å². The summed E-state index contributed by atoms with van der Waals surface area (Å²) in [6.07, 6.45) is 0.551.